The molecule has 0 aromatic carbocycles. The zero-order chi connectivity index (χ0) is 8.65. The molecule has 0 aliphatic carbocycles. The van der Waals surface area contributed by atoms with Crippen LogP contribution in [0, 0.1) is 0 Å². The van der Waals surface area contributed by atoms with Crippen molar-refractivity contribution >= 4 is 0 Å². The van der Waals surface area contributed by atoms with Crippen LogP contribution in [0.5, 0.6) is 0 Å². The fraction of sp³-hybridized carbons (Fsp3) is 0.444. The van der Waals surface area contributed by atoms with Crippen molar-refractivity contribution in [1.82, 2.24) is 10.3 Å². The molecule has 12 heavy (non-hydrogen) atoms. The summed E-state index contributed by atoms with van der Waals surface area (Å²) in [6.07, 6.45) is 4.60. The molecule has 3 heteroatoms. The summed E-state index contributed by atoms with van der Waals surface area (Å²) in [5, 5.41) is 11.6. The summed E-state index contributed by atoms with van der Waals surface area (Å²) in [5.74, 6) is 0. The Kier molecular flexibility index (Phi) is 4.34. The van der Waals surface area contributed by atoms with E-state index in [1.54, 1.807) is 6.20 Å². The maximum atomic E-state index is 8.49. The Balaban J connectivity index is 2.16. The van der Waals surface area contributed by atoms with Crippen LogP contribution in [0.1, 0.15) is 5.56 Å². The SMILES string of the molecule is OCCNCCc1cccnc1. The molecule has 0 aliphatic heterocycles. The number of pyridine rings is 1. The smallest absolute Gasteiger partial charge is 0.0555 e. The predicted octanol–water partition coefficient (Wildman–Crippen LogP) is 0.206. The Hall–Kier alpha value is -0.930. The van der Waals surface area contributed by atoms with E-state index in [0.29, 0.717) is 6.54 Å². The van der Waals surface area contributed by atoms with Gasteiger partial charge in [-0.05, 0) is 24.6 Å². The van der Waals surface area contributed by atoms with Crippen molar-refractivity contribution in [3.8, 4) is 0 Å². The van der Waals surface area contributed by atoms with Crippen molar-refractivity contribution in [2.45, 2.75) is 6.42 Å². The third-order valence-corrected chi connectivity index (χ3v) is 1.60. The highest BCUT2D eigenvalue weighted by atomic mass is 16.3. The highest BCUT2D eigenvalue weighted by Crippen LogP contribution is 1.94. The minimum atomic E-state index is 0.201. The second-order valence-corrected chi connectivity index (χ2v) is 2.58. The molecule has 0 fully saturated rings. The zero-order valence-electron chi connectivity index (χ0n) is 7.03. The molecule has 0 bridgehead atoms. The standard InChI is InChI=1S/C9H14N2O/c12-7-6-10-5-3-9-2-1-4-11-8-9/h1-2,4,8,10,12H,3,5-7H2. The van der Waals surface area contributed by atoms with Gasteiger partial charge in [0.15, 0.2) is 0 Å². The van der Waals surface area contributed by atoms with Gasteiger partial charge in [0.2, 0.25) is 0 Å². The molecule has 0 unspecified atom stereocenters. The van der Waals surface area contributed by atoms with E-state index in [0.717, 1.165) is 13.0 Å². The molecule has 1 rings (SSSR count). The topological polar surface area (TPSA) is 45.1 Å². The first-order valence-electron chi connectivity index (χ1n) is 4.14. The maximum absolute atomic E-state index is 8.49. The molecule has 2 N–H and O–H groups in total. The lowest BCUT2D eigenvalue weighted by atomic mass is 10.2. The van der Waals surface area contributed by atoms with E-state index < -0.39 is 0 Å². The van der Waals surface area contributed by atoms with Crippen LogP contribution in [0.15, 0.2) is 24.5 Å². The van der Waals surface area contributed by atoms with E-state index in [2.05, 4.69) is 10.3 Å². The Morgan fingerprint density at radius 1 is 1.42 bits per heavy atom. The Morgan fingerprint density at radius 2 is 2.33 bits per heavy atom. The third kappa shape index (κ3) is 3.46. The van der Waals surface area contributed by atoms with Gasteiger partial charge in [-0.2, -0.15) is 0 Å². The van der Waals surface area contributed by atoms with Crippen LogP contribution in [0.2, 0.25) is 0 Å². The van der Waals surface area contributed by atoms with E-state index in [-0.39, 0.29) is 6.61 Å². The second-order valence-electron chi connectivity index (χ2n) is 2.58. The van der Waals surface area contributed by atoms with Crippen molar-refractivity contribution in [2.24, 2.45) is 0 Å². The molecule has 0 saturated carbocycles. The fourth-order valence-electron chi connectivity index (χ4n) is 0.983. The number of nitrogens with zero attached hydrogens (tertiary/aromatic N) is 1. The van der Waals surface area contributed by atoms with Gasteiger partial charge in [-0.1, -0.05) is 6.07 Å². The van der Waals surface area contributed by atoms with Crippen LogP contribution < -0.4 is 5.32 Å². The van der Waals surface area contributed by atoms with Gasteiger partial charge in [-0.3, -0.25) is 4.98 Å². The van der Waals surface area contributed by atoms with E-state index in [9.17, 15) is 0 Å². The number of aliphatic hydroxyl groups excluding tert-OH is 1. The molecule has 1 aromatic heterocycles. The number of rotatable bonds is 5. The first kappa shape index (κ1) is 9.16. The summed E-state index contributed by atoms with van der Waals surface area (Å²) in [5.41, 5.74) is 1.22. The summed E-state index contributed by atoms with van der Waals surface area (Å²) < 4.78 is 0. The number of hydrogen-bond donors (Lipinski definition) is 2. The van der Waals surface area contributed by atoms with Gasteiger partial charge in [-0.25, -0.2) is 0 Å². The van der Waals surface area contributed by atoms with Gasteiger partial charge in [-0.15, -0.1) is 0 Å². The number of nitrogens with one attached hydrogen (secondary N) is 1. The number of aromatic nitrogens is 1. The van der Waals surface area contributed by atoms with Crippen LogP contribution in [0.4, 0.5) is 0 Å². The highest BCUT2D eigenvalue weighted by molar-refractivity contribution is 5.08. The second kappa shape index (κ2) is 5.69. The van der Waals surface area contributed by atoms with E-state index in [1.807, 2.05) is 18.3 Å². The summed E-state index contributed by atoms with van der Waals surface area (Å²) in [6.45, 7) is 1.76. The predicted molar refractivity (Wildman–Crippen MR) is 47.9 cm³/mol. The normalized spacial score (nSPS) is 10.1. The highest BCUT2D eigenvalue weighted by Gasteiger charge is 1.90. The molecule has 0 aliphatic rings. The zero-order valence-corrected chi connectivity index (χ0v) is 7.03. The van der Waals surface area contributed by atoms with Gasteiger partial charge < -0.3 is 10.4 Å². The van der Waals surface area contributed by atoms with Crippen molar-refractivity contribution in [1.29, 1.82) is 0 Å². The van der Waals surface area contributed by atoms with Crippen LogP contribution in [0.3, 0.4) is 0 Å². The Labute approximate surface area is 72.5 Å². The van der Waals surface area contributed by atoms with E-state index >= 15 is 0 Å². The molecule has 0 atom stereocenters. The average molecular weight is 166 g/mol. The molecule has 1 aromatic rings. The first-order chi connectivity index (χ1) is 5.93. The Bertz CT molecular complexity index is 201. The minimum absolute atomic E-state index is 0.201. The van der Waals surface area contributed by atoms with Gasteiger partial charge in [0.25, 0.3) is 0 Å². The first-order valence-corrected chi connectivity index (χ1v) is 4.14. The maximum Gasteiger partial charge on any atom is 0.0555 e. The van der Waals surface area contributed by atoms with E-state index in [1.165, 1.54) is 5.56 Å². The molecular formula is C9H14N2O. The summed E-state index contributed by atoms with van der Waals surface area (Å²) >= 11 is 0. The van der Waals surface area contributed by atoms with Gasteiger partial charge in [0.05, 0.1) is 6.61 Å². The molecule has 0 radical (unpaired) electrons. The molecule has 0 amide bonds. The van der Waals surface area contributed by atoms with Crippen LogP contribution >= 0.6 is 0 Å². The molecule has 0 saturated heterocycles. The molecule has 66 valence electrons. The van der Waals surface area contributed by atoms with Gasteiger partial charge in [0, 0.05) is 18.9 Å². The largest absolute Gasteiger partial charge is 0.395 e. The van der Waals surface area contributed by atoms with Gasteiger partial charge in [0.1, 0.15) is 0 Å². The summed E-state index contributed by atoms with van der Waals surface area (Å²) in [4.78, 5) is 4.01. The lowest BCUT2D eigenvalue weighted by Gasteiger charge is -2.01. The fourth-order valence-corrected chi connectivity index (χ4v) is 0.983. The van der Waals surface area contributed by atoms with Crippen molar-refractivity contribution < 1.29 is 5.11 Å². The summed E-state index contributed by atoms with van der Waals surface area (Å²) in [7, 11) is 0. The van der Waals surface area contributed by atoms with Crippen LogP contribution in [0.25, 0.3) is 0 Å². The van der Waals surface area contributed by atoms with Crippen molar-refractivity contribution in [3.63, 3.8) is 0 Å². The third-order valence-electron chi connectivity index (χ3n) is 1.60. The van der Waals surface area contributed by atoms with Gasteiger partial charge >= 0.3 is 0 Å². The number of hydrogen-bond acceptors (Lipinski definition) is 3. The number of aliphatic hydroxyl groups is 1. The minimum Gasteiger partial charge on any atom is -0.395 e. The summed E-state index contributed by atoms with van der Waals surface area (Å²) in [6, 6.07) is 3.98. The van der Waals surface area contributed by atoms with Crippen LogP contribution in [-0.4, -0.2) is 29.8 Å². The molecule has 3 nitrogen and oxygen atoms in total. The average Bonchev–Trinajstić information content (AvgIpc) is 2.14. The lowest BCUT2D eigenvalue weighted by Crippen LogP contribution is -2.20. The molecule has 0 spiro atoms. The van der Waals surface area contributed by atoms with Crippen molar-refractivity contribution in [3.05, 3.63) is 30.1 Å². The Morgan fingerprint density at radius 3 is 3.00 bits per heavy atom. The van der Waals surface area contributed by atoms with Crippen LogP contribution in [-0.2, 0) is 6.42 Å². The lowest BCUT2D eigenvalue weighted by molar-refractivity contribution is 0.293. The molecule has 1 heterocycles. The molecular weight excluding hydrogens is 152 g/mol. The monoisotopic (exact) mass is 166 g/mol. The van der Waals surface area contributed by atoms with Crippen molar-refractivity contribution in [2.75, 3.05) is 19.7 Å². The van der Waals surface area contributed by atoms with E-state index in [4.69, 9.17) is 5.11 Å². The quantitative estimate of drug-likeness (QED) is 0.614.